The smallest absolute Gasteiger partial charge is 0.201 e. The Bertz CT molecular complexity index is 1420. The fourth-order valence-corrected chi connectivity index (χ4v) is 2.96. The number of aromatic nitrogens is 6. The topological polar surface area (TPSA) is 125 Å². The molecule has 146 valence electrons. The number of aryl methyl sites for hydroxylation is 1. The minimum atomic E-state index is -0.423. The van der Waals surface area contributed by atoms with Gasteiger partial charge in [-0.05, 0) is 19.1 Å². The van der Waals surface area contributed by atoms with Crippen LogP contribution in [0.25, 0.3) is 27.2 Å². The number of benzene rings is 2. The molecule has 0 aliphatic carbocycles. The summed E-state index contributed by atoms with van der Waals surface area (Å²) in [5.74, 6) is 10.5. The molecule has 0 bridgehead atoms. The molecule has 0 radical (unpaired) electrons. The highest BCUT2D eigenvalue weighted by molar-refractivity contribution is 5.93. The van der Waals surface area contributed by atoms with Crippen LogP contribution in [0.4, 0.5) is 8.78 Å². The summed E-state index contributed by atoms with van der Waals surface area (Å²) in [4.78, 5) is 0.936. The largest absolute Gasteiger partial charge is 0.321 e. The zero-order valence-corrected chi connectivity index (χ0v) is 15.2. The Balaban J connectivity index is 0.000000142. The number of nitrogens with zero attached hydrogens (tertiary/aromatic N) is 7. The average Bonchev–Trinajstić information content (AvgIpc) is 3.10. The first kappa shape index (κ1) is 18.2. The molecule has 0 unspecified atom stereocenters. The average molecular weight is 395 g/mol. The minimum Gasteiger partial charge on any atom is -0.321 e. The first-order valence-electron chi connectivity index (χ1n) is 8.42. The van der Waals surface area contributed by atoms with Crippen molar-refractivity contribution in [2.75, 3.05) is 5.84 Å². The lowest BCUT2D eigenvalue weighted by atomic mass is 10.2. The predicted molar refractivity (Wildman–Crippen MR) is 103 cm³/mol. The summed E-state index contributed by atoms with van der Waals surface area (Å²) in [7, 11) is 0. The number of hydrogen-bond donors (Lipinski definition) is 2. The standard InChI is InChI=1S/C10H7FN4.C8H8FN5/c1-6-13-14-10-9-7(5-12-15(6)10)3-2-4-8(9)11;9-6-3-1-2-5-4-12-14(11)8(13-10)7(5)6/h2-5H,1H3;1-4H,10-11H2/b;13-8-. The van der Waals surface area contributed by atoms with Gasteiger partial charge in [-0.15, -0.1) is 10.2 Å². The van der Waals surface area contributed by atoms with Crippen molar-refractivity contribution in [3.63, 3.8) is 0 Å². The van der Waals surface area contributed by atoms with Crippen molar-refractivity contribution in [3.05, 3.63) is 71.7 Å². The molecule has 3 heterocycles. The van der Waals surface area contributed by atoms with Crippen molar-refractivity contribution in [2.45, 2.75) is 6.92 Å². The molecule has 9 nitrogen and oxygen atoms in total. The SMILES string of the molecule is Cc1nnc2c3c(F)cccc3cnn12.N/N=c1/c2c(F)cccc2cnn1N. The highest BCUT2D eigenvalue weighted by Crippen LogP contribution is 2.20. The summed E-state index contributed by atoms with van der Waals surface area (Å²) in [6.45, 7) is 1.78. The van der Waals surface area contributed by atoms with E-state index in [4.69, 9.17) is 11.7 Å². The van der Waals surface area contributed by atoms with Crippen LogP contribution in [-0.4, -0.2) is 29.7 Å². The van der Waals surface area contributed by atoms with Crippen LogP contribution < -0.4 is 17.2 Å². The molecule has 0 amide bonds. The van der Waals surface area contributed by atoms with E-state index in [1.54, 1.807) is 37.4 Å². The van der Waals surface area contributed by atoms with E-state index in [2.05, 4.69) is 25.5 Å². The molecule has 11 heteroatoms. The van der Waals surface area contributed by atoms with Gasteiger partial charge in [0.1, 0.15) is 11.6 Å². The summed E-state index contributed by atoms with van der Waals surface area (Å²) in [6.07, 6.45) is 3.06. The van der Waals surface area contributed by atoms with Gasteiger partial charge in [0.15, 0.2) is 11.5 Å². The van der Waals surface area contributed by atoms with Crippen LogP contribution in [-0.2, 0) is 0 Å². The van der Waals surface area contributed by atoms with E-state index < -0.39 is 5.82 Å². The Hall–Kier alpha value is -4.15. The van der Waals surface area contributed by atoms with Crippen molar-refractivity contribution in [1.82, 2.24) is 29.7 Å². The van der Waals surface area contributed by atoms with Crippen LogP contribution in [0.3, 0.4) is 0 Å². The Morgan fingerprint density at radius 2 is 1.52 bits per heavy atom. The quantitative estimate of drug-likeness (QED) is 0.301. The Labute approximate surface area is 161 Å². The second kappa shape index (κ2) is 7.11. The zero-order valence-electron chi connectivity index (χ0n) is 15.2. The molecule has 29 heavy (non-hydrogen) atoms. The summed E-state index contributed by atoms with van der Waals surface area (Å²) in [6, 6.07) is 9.47. The third kappa shape index (κ3) is 3.08. The normalized spacial score (nSPS) is 11.8. The molecule has 2 aromatic carbocycles. The second-order valence-corrected chi connectivity index (χ2v) is 6.08. The number of fused-ring (bicyclic) bond motifs is 4. The molecular weight excluding hydrogens is 380 g/mol. The summed E-state index contributed by atoms with van der Waals surface area (Å²) < 4.78 is 28.6. The van der Waals surface area contributed by atoms with Crippen LogP contribution >= 0.6 is 0 Å². The molecule has 4 N–H and O–H groups in total. The third-order valence-electron chi connectivity index (χ3n) is 4.31. The molecular formula is C18H15F2N9. The highest BCUT2D eigenvalue weighted by atomic mass is 19.1. The second-order valence-electron chi connectivity index (χ2n) is 6.08. The van der Waals surface area contributed by atoms with Crippen LogP contribution in [0.1, 0.15) is 5.82 Å². The van der Waals surface area contributed by atoms with Gasteiger partial charge >= 0.3 is 0 Å². The van der Waals surface area contributed by atoms with Crippen LogP contribution in [0.5, 0.6) is 0 Å². The first-order chi connectivity index (χ1) is 14.0. The van der Waals surface area contributed by atoms with E-state index in [0.717, 1.165) is 10.2 Å². The molecule has 0 saturated carbocycles. The molecule has 0 atom stereocenters. The van der Waals surface area contributed by atoms with Crippen LogP contribution in [0.15, 0.2) is 53.9 Å². The van der Waals surface area contributed by atoms with Gasteiger partial charge in [-0.25, -0.2) is 8.78 Å². The monoisotopic (exact) mass is 395 g/mol. The van der Waals surface area contributed by atoms with Gasteiger partial charge in [-0.3, -0.25) is 0 Å². The van der Waals surface area contributed by atoms with E-state index in [0.29, 0.717) is 22.2 Å². The maximum Gasteiger partial charge on any atom is 0.201 e. The lowest BCUT2D eigenvalue weighted by Crippen LogP contribution is -2.32. The molecule has 0 fully saturated rings. The van der Waals surface area contributed by atoms with E-state index in [-0.39, 0.29) is 16.7 Å². The van der Waals surface area contributed by atoms with Crippen molar-refractivity contribution in [3.8, 4) is 0 Å². The fourth-order valence-electron chi connectivity index (χ4n) is 2.96. The van der Waals surface area contributed by atoms with Gasteiger partial charge in [-0.2, -0.15) is 24.6 Å². The van der Waals surface area contributed by atoms with E-state index >= 15 is 0 Å². The summed E-state index contributed by atoms with van der Waals surface area (Å²) in [5.41, 5.74) is 0.573. The number of rotatable bonds is 0. The van der Waals surface area contributed by atoms with Crippen molar-refractivity contribution >= 4 is 27.2 Å². The summed E-state index contributed by atoms with van der Waals surface area (Å²) in [5, 5.41) is 21.2. The maximum absolute atomic E-state index is 13.6. The molecule has 5 aromatic rings. The Kier molecular flexibility index (Phi) is 4.47. The number of hydrogen-bond acceptors (Lipinski definition) is 7. The van der Waals surface area contributed by atoms with Gasteiger partial charge in [0, 0.05) is 10.8 Å². The fraction of sp³-hybridized carbons (Fsp3) is 0.0556. The Morgan fingerprint density at radius 3 is 2.21 bits per heavy atom. The Morgan fingerprint density at radius 1 is 0.897 bits per heavy atom. The minimum absolute atomic E-state index is 0.112. The molecule has 5 rings (SSSR count). The first-order valence-corrected chi connectivity index (χ1v) is 8.42. The van der Waals surface area contributed by atoms with Crippen molar-refractivity contribution in [1.29, 1.82) is 0 Å². The summed E-state index contributed by atoms with van der Waals surface area (Å²) >= 11 is 0. The van der Waals surface area contributed by atoms with E-state index in [9.17, 15) is 8.78 Å². The maximum atomic E-state index is 13.6. The molecule has 0 saturated heterocycles. The van der Waals surface area contributed by atoms with E-state index in [1.165, 1.54) is 22.8 Å². The van der Waals surface area contributed by atoms with Gasteiger partial charge < -0.3 is 11.7 Å². The highest BCUT2D eigenvalue weighted by Gasteiger charge is 2.10. The van der Waals surface area contributed by atoms with Crippen molar-refractivity contribution in [2.24, 2.45) is 10.9 Å². The molecule has 0 aliphatic heterocycles. The van der Waals surface area contributed by atoms with E-state index in [1.807, 2.05) is 0 Å². The van der Waals surface area contributed by atoms with Crippen molar-refractivity contribution < 1.29 is 8.78 Å². The predicted octanol–water partition coefficient (Wildman–Crippen LogP) is 1.39. The van der Waals surface area contributed by atoms with Gasteiger partial charge in [0.2, 0.25) is 5.49 Å². The van der Waals surface area contributed by atoms with Crippen LogP contribution in [0, 0.1) is 18.6 Å². The molecule has 0 aliphatic rings. The lowest BCUT2D eigenvalue weighted by Gasteiger charge is -2.02. The van der Waals surface area contributed by atoms with Gasteiger partial charge in [-0.1, -0.05) is 24.3 Å². The third-order valence-corrected chi connectivity index (χ3v) is 4.31. The number of nitrogens with two attached hydrogens (primary N) is 2. The molecule has 3 aromatic heterocycles. The van der Waals surface area contributed by atoms with Gasteiger partial charge in [0.25, 0.3) is 0 Å². The molecule has 0 spiro atoms. The number of halogens is 2. The van der Waals surface area contributed by atoms with Crippen LogP contribution in [0.2, 0.25) is 0 Å². The zero-order chi connectivity index (χ0) is 20.5. The number of nitrogen functional groups attached to an aromatic ring is 1. The lowest BCUT2D eigenvalue weighted by molar-refractivity contribution is 0.633. The van der Waals surface area contributed by atoms with Gasteiger partial charge in [0.05, 0.1) is 23.2 Å².